The van der Waals surface area contributed by atoms with Gasteiger partial charge in [-0.05, 0) is 78.2 Å². The summed E-state index contributed by atoms with van der Waals surface area (Å²) in [5.41, 5.74) is 6.83. The molecule has 3 aromatic carbocycles. The number of benzene rings is 3. The molecule has 46 heavy (non-hydrogen) atoms. The molecule has 6 nitrogen and oxygen atoms in total. The Hall–Kier alpha value is -3.90. The minimum absolute atomic E-state index is 0. The molecule has 246 valence electrons. The highest BCUT2D eigenvalue weighted by atomic mass is 16.5. The first-order valence-corrected chi connectivity index (χ1v) is 16.6. The quantitative estimate of drug-likeness (QED) is 0.0905. The van der Waals surface area contributed by atoms with E-state index in [0.717, 1.165) is 54.8 Å². The number of Topliss-reactive ketones (excluding diaryl/α,β-unsaturated/α-hetero) is 1. The van der Waals surface area contributed by atoms with Gasteiger partial charge in [-0.25, -0.2) is 0 Å². The Morgan fingerprint density at radius 2 is 1.74 bits per heavy atom. The van der Waals surface area contributed by atoms with Crippen LogP contribution in [0.4, 0.5) is 0 Å². The van der Waals surface area contributed by atoms with Crippen LogP contribution in [0.25, 0.3) is 27.7 Å². The number of aromatic hydroxyl groups is 1. The Morgan fingerprint density at radius 3 is 2.37 bits per heavy atom. The lowest BCUT2D eigenvalue weighted by Gasteiger charge is -2.25. The number of carbonyl (C=O) groups is 1. The van der Waals surface area contributed by atoms with E-state index in [0.29, 0.717) is 42.1 Å². The lowest BCUT2D eigenvalue weighted by Crippen LogP contribution is -2.19. The summed E-state index contributed by atoms with van der Waals surface area (Å²) < 4.78 is 7.03. The third kappa shape index (κ3) is 8.27. The van der Waals surface area contributed by atoms with Gasteiger partial charge in [0.05, 0.1) is 17.5 Å². The van der Waals surface area contributed by atoms with E-state index in [4.69, 9.17) is 9.84 Å². The summed E-state index contributed by atoms with van der Waals surface area (Å²) in [7, 11) is 1.65. The number of hydrogen-bond acceptors (Lipinski definition) is 5. The van der Waals surface area contributed by atoms with E-state index in [1.807, 2.05) is 35.1 Å². The highest BCUT2D eigenvalue weighted by molar-refractivity contribution is 5.96. The van der Waals surface area contributed by atoms with E-state index >= 15 is 0 Å². The van der Waals surface area contributed by atoms with Crippen molar-refractivity contribution in [1.82, 2.24) is 15.1 Å². The molecule has 5 rings (SSSR count). The molecule has 0 spiro atoms. The largest absolute Gasteiger partial charge is 0.506 e. The van der Waals surface area contributed by atoms with Crippen molar-refractivity contribution >= 4 is 22.4 Å². The van der Waals surface area contributed by atoms with E-state index in [-0.39, 0.29) is 24.4 Å². The molecular formula is C40H53N3O3. The summed E-state index contributed by atoms with van der Waals surface area (Å²) in [6.07, 6.45) is 9.06. The molecule has 1 heterocycles. The fourth-order valence-electron chi connectivity index (χ4n) is 6.54. The fraction of sp³-hybridized carbons (Fsp3) is 0.450. The smallest absolute Gasteiger partial charge is 0.162 e. The Bertz CT molecular complexity index is 1600. The van der Waals surface area contributed by atoms with Gasteiger partial charge < -0.3 is 15.2 Å². The minimum atomic E-state index is 0. The molecule has 1 aromatic heterocycles. The molecule has 1 aliphatic rings. The highest BCUT2D eigenvalue weighted by Gasteiger charge is 2.38. The first kappa shape index (κ1) is 35.0. The molecule has 1 saturated carbocycles. The van der Waals surface area contributed by atoms with Crippen LogP contribution in [0.1, 0.15) is 94.6 Å². The van der Waals surface area contributed by atoms with Crippen molar-refractivity contribution in [1.29, 1.82) is 0 Å². The Morgan fingerprint density at radius 1 is 1.07 bits per heavy atom. The molecular weight excluding hydrogens is 570 g/mol. The van der Waals surface area contributed by atoms with Gasteiger partial charge in [-0.1, -0.05) is 89.7 Å². The van der Waals surface area contributed by atoms with Crippen LogP contribution < -0.4 is 5.32 Å². The topological polar surface area (TPSA) is 76.4 Å². The number of methoxy groups -OCH3 is 1. The number of ether oxygens (including phenoxy) is 1. The standard InChI is InChI=1S/C39H49N3O3.CH4/c1-6-8-28(25-42-26-35-36(41-42)22-21-34(38(35)44)27(2)40-23-24-45-5)9-7-10-37(43)31-13-11-29(12-14-31)30-15-17-32(18-16-30)39(3,4)33-19-20-33;/h11-18,21-22,26,28,33,40,44H,2,6-10,19-20,23-25H2,1,3-5H3;1H4. The molecule has 0 aliphatic heterocycles. The Kier molecular flexibility index (Phi) is 11.9. The molecule has 1 fully saturated rings. The van der Waals surface area contributed by atoms with Crippen LogP contribution in [0.5, 0.6) is 5.75 Å². The monoisotopic (exact) mass is 623 g/mol. The molecule has 1 aliphatic carbocycles. The summed E-state index contributed by atoms with van der Waals surface area (Å²) in [5.74, 6) is 1.59. The zero-order valence-corrected chi connectivity index (χ0v) is 27.4. The van der Waals surface area contributed by atoms with Crippen molar-refractivity contribution in [3.63, 3.8) is 0 Å². The van der Waals surface area contributed by atoms with E-state index in [2.05, 4.69) is 69.1 Å². The zero-order valence-electron chi connectivity index (χ0n) is 27.4. The number of phenolic OH excluding ortho intramolecular Hbond substituents is 1. The molecule has 0 radical (unpaired) electrons. The van der Waals surface area contributed by atoms with Crippen LogP contribution in [-0.4, -0.2) is 40.9 Å². The van der Waals surface area contributed by atoms with Gasteiger partial charge in [-0.2, -0.15) is 5.10 Å². The number of hydrogen-bond donors (Lipinski definition) is 2. The lowest BCUT2D eigenvalue weighted by molar-refractivity contribution is 0.0977. The van der Waals surface area contributed by atoms with Gasteiger partial charge in [-0.15, -0.1) is 0 Å². The maximum Gasteiger partial charge on any atom is 0.162 e. The van der Waals surface area contributed by atoms with E-state index in [1.54, 1.807) is 7.11 Å². The lowest BCUT2D eigenvalue weighted by atomic mass is 9.79. The van der Waals surface area contributed by atoms with Crippen molar-refractivity contribution in [3.05, 3.63) is 90.1 Å². The average molecular weight is 624 g/mol. The third-order valence-corrected chi connectivity index (χ3v) is 9.60. The minimum Gasteiger partial charge on any atom is -0.506 e. The maximum atomic E-state index is 13.1. The summed E-state index contributed by atoms with van der Waals surface area (Å²) in [5, 5.41) is 19.6. The van der Waals surface area contributed by atoms with Crippen LogP contribution in [0.2, 0.25) is 0 Å². The zero-order chi connectivity index (χ0) is 32.0. The summed E-state index contributed by atoms with van der Waals surface area (Å²) in [6.45, 7) is 12.9. The van der Waals surface area contributed by atoms with Crippen molar-refractivity contribution in [2.45, 2.75) is 85.1 Å². The van der Waals surface area contributed by atoms with Gasteiger partial charge in [0.25, 0.3) is 0 Å². The second-order valence-electron chi connectivity index (χ2n) is 13.3. The van der Waals surface area contributed by atoms with Gasteiger partial charge in [0.15, 0.2) is 5.78 Å². The first-order chi connectivity index (χ1) is 21.7. The molecule has 1 atom stereocenters. The maximum absolute atomic E-state index is 13.1. The van der Waals surface area contributed by atoms with Crippen LogP contribution in [0, 0.1) is 11.8 Å². The van der Waals surface area contributed by atoms with Crippen molar-refractivity contribution < 1.29 is 14.6 Å². The number of rotatable bonds is 17. The van der Waals surface area contributed by atoms with Crippen LogP contribution in [0.3, 0.4) is 0 Å². The van der Waals surface area contributed by atoms with Gasteiger partial charge >= 0.3 is 0 Å². The number of phenols is 1. The third-order valence-electron chi connectivity index (χ3n) is 9.60. The molecule has 4 aromatic rings. The molecule has 0 saturated heterocycles. The second-order valence-corrected chi connectivity index (χ2v) is 13.3. The van der Waals surface area contributed by atoms with Gasteiger partial charge in [-0.3, -0.25) is 9.48 Å². The SMILES string of the molecule is C.C=C(NCCOC)c1ccc2nn(CC(CCC)CCCC(=O)c3ccc(-c4ccc(C(C)(C)C5CC5)cc4)cc3)cc2c1O. The molecule has 1 unspecified atom stereocenters. The molecule has 2 N–H and O–H groups in total. The normalized spacial score (nSPS) is 13.7. The fourth-order valence-corrected chi connectivity index (χ4v) is 6.54. The molecule has 0 bridgehead atoms. The molecule has 6 heteroatoms. The predicted molar refractivity (Wildman–Crippen MR) is 191 cm³/mol. The highest BCUT2D eigenvalue weighted by Crippen LogP contribution is 2.47. The van der Waals surface area contributed by atoms with Gasteiger partial charge in [0.1, 0.15) is 5.75 Å². The number of nitrogens with zero attached hydrogens (tertiary/aromatic N) is 2. The van der Waals surface area contributed by atoms with Crippen LogP contribution in [-0.2, 0) is 16.7 Å². The van der Waals surface area contributed by atoms with Crippen molar-refractivity contribution in [3.8, 4) is 16.9 Å². The van der Waals surface area contributed by atoms with Crippen molar-refractivity contribution in [2.24, 2.45) is 11.8 Å². The molecule has 0 amide bonds. The van der Waals surface area contributed by atoms with Gasteiger partial charge in [0, 0.05) is 49.6 Å². The average Bonchev–Trinajstić information content (AvgIpc) is 3.83. The number of fused-ring (bicyclic) bond motifs is 1. The number of carbonyl (C=O) groups excluding carboxylic acids is 1. The summed E-state index contributed by atoms with van der Waals surface area (Å²) >= 11 is 0. The summed E-state index contributed by atoms with van der Waals surface area (Å²) in [4.78, 5) is 13.1. The second kappa shape index (κ2) is 15.6. The number of aromatic nitrogens is 2. The first-order valence-electron chi connectivity index (χ1n) is 16.6. The number of ketones is 1. The van der Waals surface area contributed by atoms with Gasteiger partial charge in [0.2, 0.25) is 0 Å². The summed E-state index contributed by atoms with van der Waals surface area (Å²) in [6, 6.07) is 20.8. The Labute approximate surface area is 275 Å². The van der Waals surface area contributed by atoms with E-state index in [1.165, 1.54) is 24.0 Å². The van der Waals surface area contributed by atoms with Crippen LogP contribution in [0.15, 0.2) is 73.4 Å². The van der Waals surface area contributed by atoms with Crippen LogP contribution >= 0.6 is 0 Å². The number of nitrogens with one attached hydrogen (secondary N) is 1. The van der Waals surface area contributed by atoms with E-state index < -0.39 is 0 Å². The Balaban J connectivity index is 0.00000480. The van der Waals surface area contributed by atoms with E-state index in [9.17, 15) is 9.90 Å². The van der Waals surface area contributed by atoms with Crippen molar-refractivity contribution in [2.75, 3.05) is 20.3 Å². The predicted octanol–water partition coefficient (Wildman–Crippen LogP) is 9.41.